The van der Waals surface area contributed by atoms with Crippen molar-refractivity contribution >= 4 is 28.9 Å². The molecule has 8 heteroatoms. The van der Waals surface area contributed by atoms with Crippen molar-refractivity contribution in [1.82, 2.24) is 0 Å². The second kappa shape index (κ2) is 7.07. The van der Waals surface area contributed by atoms with Crippen LogP contribution in [-0.2, 0) is 11.3 Å². The number of benzene rings is 2. The predicted molar refractivity (Wildman–Crippen MR) is 111 cm³/mol. The molecule has 1 amide bonds. The average Bonchev–Trinajstić information content (AvgIpc) is 3.39. The van der Waals surface area contributed by atoms with E-state index in [9.17, 15) is 9.59 Å². The second-order valence-corrected chi connectivity index (χ2v) is 7.95. The zero-order valence-electron chi connectivity index (χ0n) is 16.2. The van der Waals surface area contributed by atoms with Gasteiger partial charge in [0.2, 0.25) is 6.79 Å². The summed E-state index contributed by atoms with van der Waals surface area (Å²) in [6, 6.07) is 10.8. The highest BCUT2D eigenvalue weighted by Crippen LogP contribution is 2.44. The number of ether oxygens (including phenoxy) is 4. The van der Waals surface area contributed by atoms with E-state index in [4.69, 9.17) is 18.9 Å². The van der Waals surface area contributed by atoms with E-state index in [1.54, 1.807) is 6.07 Å². The van der Waals surface area contributed by atoms with Crippen LogP contribution in [0, 0.1) is 6.92 Å². The van der Waals surface area contributed by atoms with Crippen molar-refractivity contribution in [3.05, 3.63) is 58.0 Å². The van der Waals surface area contributed by atoms with Crippen LogP contribution in [0.3, 0.4) is 0 Å². The first kappa shape index (κ1) is 18.5. The third kappa shape index (κ3) is 2.96. The quantitative estimate of drug-likeness (QED) is 0.630. The number of fused-ring (bicyclic) bond motifs is 4. The highest BCUT2D eigenvalue weighted by atomic mass is 32.1. The van der Waals surface area contributed by atoms with Gasteiger partial charge in [0.25, 0.3) is 5.91 Å². The van der Waals surface area contributed by atoms with Crippen LogP contribution in [0.25, 0.3) is 10.4 Å². The van der Waals surface area contributed by atoms with Gasteiger partial charge in [0, 0.05) is 28.1 Å². The maximum atomic E-state index is 13.0. The zero-order valence-corrected chi connectivity index (χ0v) is 17.1. The second-order valence-electron chi connectivity index (χ2n) is 6.90. The van der Waals surface area contributed by atoms with Crippen LogP contribution in [0.5, 0.6) is 17.2 Å². The summed E-state index contributed by atoms with van der Waals surface area (Å²) in [6.07, 6.45) is 0. The van der Waals surface area contributed by atoms with Gasteiger partial charge < -0.3 is 24.3 Å². The monoisotopic (exact) mass is 423 g/mol. The summed E-state index contributed by atoms with van der Waals surface area (Å²) in [6.45, 7) is 2.49. The SMILES string of the molecule is COC(=O)c1cc2c(cc1NC(=O)c1cc3c(s1)-c1c(C)cccc1OC3)OCO2. The number of anilines is 1. The van der Waals surface area contributed by atoms with Crippen molar-refractivity contribution in [2.75, 3.05) is 19.2 Å². The van der Waals surface area contributed by atoms with Crippen molar-refractivity contribution in [3.8, 4) is 27.7 Å². The fraction of sp³-hybridized carbons (Fsp3) is 0.182. The molecule has 3 aromatic rings. The zero-order chi connectivity index (χ0) is 20.8. The largest absolute Gasteiger partial charge is 0.488 e. The lowest BCUT2D eigenvalue weighted by molar-refractivity contribution is 0.0601. The number of thiophene rings is 1. The Morgan fingerprint density at radius 3 is 2.67 bits per heavy atom. The van der Waals surface area contributed by atoms with Crippen molar-refractivity contribution in [2.24, 2.45) is 0 Å². The molecule has 2 aromatic carbocycles. The Kier molecular flexibility index (Phi) is 4.36. The van der Waals surface area contributed by atoms with Gasteiger partial charge in [0.05, 0.1) is 23.2 Å². The molecule has 0 saturated heterocycles. The van der Waals surface area contributed by atoms with Gasteiger partial charge in [-0.2, -0.15) is 0 Å². The van der Waals surface area contributed by atoms with Gasteiger partial charge in [0.15, 0.2) is 11.5 Å². The van der Waals surface area contributed by atoms with E-state index in [1.165, 1.54) is 24.5 Å². The molecule has 0 unspecified atom stereocenters. The number of carbonyl (C=O) groups is 2. The number of rotatable bonds is 3. The molecule has 0 saturated carbocycles. The number of esters is 1. The molecule has 0 bridgehead atoms. The van der Waals surface area contributed by atoms with Crippen LogP contribution in [0.1, 0.15) is 31.2 Å². The van der Waals surface area contributed by atoms with Crippen LogP contribution < -0.4 is 19.5 Å². The standard InChI is InChI=1S/C22H17NO6S/c1-11-4-3-5-15-19(11)20-12(9-27-15)6-18(30-20)21(24)23-14-8-17-16(28-10-29-17)7-13(14)22(25)26-2/h3-8H,9-10H2,1-2H3,(H,23,24). The molecular weight excluding hydrogens is 406 g/mol. The van der Waals surface area contributed by atoms with E-state index >= 15 is 0 Å². The maximum Gasteiger partial charge on any atom is 0.340 e. The Balaban J connectivity index is 1.49. The summed E-state index contributed by atoms with van der Waals surface area (Å²) in [5.41, 5.74) is 3.56. The fourth-order valence-corrected chi connectivity index (χ4v) is 4.75. The summed E-state index contributed by atoms with van der Waals surface area (Å²) in [5.74, 6) is 0.811. The Morgan fingerprint density at radius 2 is 1.87 bits per heavy atom. The molecule has 1 aromatic heterocycles. The van der Waals surface area contributed by atoms with Crippen molar-refractivity contribution in [1.29, 1.82) is 0 Å². The Bertz CT molecular complexity index is 1200. The van der Waals surface area contributed by atoms with Gasteiger partial charge in [-0.25, -0.2) is 4.79 Å². The van der Waals surface area contributed by atoms with Crippen LogP contribution in [-0.4, -0.2) is 25.8 Å². The molecule has 3 heterocycles. The van der Waals surface area contributed by atoms with Gasteiger partial charge >= 0.3 is 5.97 Å². The number of hydrogen-bond acceptors (Lipinski definition) is 7. The lowest BCUT2D eigenvalue weighted by Gasteiger charge is -2.19. The summed E-state index contributed by atoms with van der Waals surface area (Å²) in [4.78, 5) is 26.8. The number of amides is 1. The van der Waals surface area contributed by atoms with Crippen molar-refractivity contribution in [2.45, 2.75) is 13.5 Å². The highest BCUT2D eigenvalue weighted by Gasteiger charge is 2.26. The van der Waals surface area contributed by atoms with E-state index in [0.29, 0.717) is 28.7 Å². The Hall–Kier alpha value is -3.52. The third-order valence-electron chi connectivity index (χ3n) is 5.04. The number of carbonyl (C=O) groups excluding carboxylic acids is 2. The molecule has 2 aliphatic heterocycles. The molecule has 0 spiro atoms. The molecule has 7 nitrogen and oxygen atoms in total. The van der Waals surface area contributed by atoms with Crippen molar-refractivity contribution < 1.29 is 28.5 Å². The molecule has 0 radical (unpaired) electrons. The van der Waals surface area contributed by atoms with Crippen LogP contribution in [0.4, 0.5) is 5.69 Å². The minimum Gasteiger partial charge on any atom is -0.488 e. The number of nitrogens with one attached hydrogen (secondary N) is 1. The van der Waals surface area contributed by atoms with E-state index in [2.05, 4.69) is 5.32 Å². The van der Waals surface area contributed by atoms with E-state index < -0.39 is 5.97 Å². The number of hydrogen-bond donors (Lipinski definition) is 1. The average molecular weight is 423 g/mol. The minimum atomic E-state index is -0.577. The van der Waals surface area contributed by atoms with Gasteiger partial charge in [-0.15, -0.1) is 11.3 Å². The molecule has 30 heavy (non-hydrogen) atoms. The molecule has 1 N–H and O–H groups in total. The summed E-state index contributed by atoms with van der Waals surface area (Å²) in [7, 11) is 1.28. The van der Waals surface area contributed by atoms with Gasteiger partial charge in [-0.05, 0) is 24.6 Å². The fourth-order valence-electron chi connectivity index (χ4n) is 3.58. The molecule has 5 rings (SSSR count). The summed E-state index contributed by atoms with van der Waals surface area (Å²) < 4.78 is 21.4. The third-order valence-corrected chi connectivity index (χ3v) is 6.24. The van der Waals surface area contributed by atoms with Crippen LogP contribution in [0.2, 0.25) is 0 Å². The topological polar surface area (TPSA) is 83.1 Å². The van der Waals surface area contributed by atoms with Gasteiger partial charge in [-0.3, -0.25) is 4.79 Å². The molecule has 0 atom stereocenters. The number of aryl methyl sites for hydroxylation is 1. The molecular formula is C22H17NO6S. The first-order chi connectivity index (χ1) is 14.5. The lowest BCUT2D eigenvalue weighted by Crippen LogP contribution is -2.14. The van der Waals surface area contributed by atoms with E-state index in [-0.39, 0.29) is 18.3 Å². The minimum absolute atomic E-state index is 0.0593. The van der Waals surface area contributed by atoms with Crippen LogP contribution in [0.15, 0.2) is 36.4 Å². The lowest BCUT2D eigenvalue weighted by atomic mass is 10.0. The van der Waals surface area contributed by atoms with Gasteiger partial charge in [0.1, 0.15) is 12.4 Å². The highest BCUT2D eigenvalue weighted by molar-refractivity contribution is 7.17. The van der Waals surface area contributed by atoms with E-state index in [1.807, 2.05) is 31.2 Å². The molecule has 152 valence electrons. The van der Waals surface area contributed by atoms with Crippen molar-refractivity contribution in [3.63, 3.8) is 0 Å². The first-order valence-corrected chi connectivity index (χ1v) is 10.1. The first-order valence-electron chi connectivity index (χ1n) is 9.24. The Morgan fingerprint density at radius 1 is 1.07 bits per heavy atom. The smallest absolute Gasteiger partial charge is 0.340 e. The number of methoxy groups -OCH3 is 1. The molecule has 0 aliphatic carbocycles. The van der Waals surface area contributed by atoms with E-state index in [0.717, 1.165) is 27.3 Å². The Labute approximate surface area is 176 Å². The van der Waals surface area contributed by atoms with Crippen LogP contribution >= 0.6 is 11.3 Å². The predicted octanol–water partition coefficient (Wildman–Crippen LogP) is 4.38. The molecule has 2 aliphatic rings. The normalized spacial score (nSPS) is 13.1. The van der Waals surface area contributed by atoms with Gasteiger partial charge in [-0.1, -0.05) is 12.1 Å². The molecule has 0 fully saturated rings. The summed E-state index contributed by atoms with van der Waals surface area (Å²) in [5, 5.41) is 2.81. The summed E-state index contributed by atoms with van der Waals surface area (Å²) >= 11 is 1.40. The maximum absolute atomic E-state index is 13.0.